The molecule has 0 heterocycles. The van der Waals surface area contributed by atoms with E-state index >= 15 is 0 Å². The summed E-state index contributed by atoms with van der Waals surface area (Å²) in [6.07, 6.45) is 2.88. The van der Waals surface area contributed by atoms with E-state index in [1.165, 1.54) is 11.1 Å². The largest absolute Gasteiger partial charge is 0.493 e. The van der Waals surface area contributed by atoms with Crippen molar-refractivity contribution in [1.82, 2.24) is 0 Å². The SMILES string of the molecule is CCCOc1c(C)cc(Br)cc1CC(N)CC. The second kappa shape index (κ2) is 7.02. The summed E-state index contributed by atoms with van der Waals surface area (Å²) in [4.78, 5) is 0. The Morgan fingerprint density at radius 1 is 1.35 bits per heavy atom. The van der Waals surface area contributed by atoms with E-state index < -0.39 is 0 Å². The number of benzene rings is 1. The van der Waals surface area contributed by atoms with Crippen LogP contribution in [0.2, 0.25) is 0 Å². The molecule has 1 unspecified atom stereocenters. The van der Waals surface area contributed by atoms with E-state index in [4.69, 9.17) is 10.5 Å². The number of hydrogen-bond donors (Lipinski definition) is 1. The van der Waals surface area contributed by atoms with Gasteiger partial charge in [-0.2, -0.15) is 0 Å². The molecule has 2 N–H and O–H groups in total. The van der Waals surface area contributed by atoms with E-state index in [-0.39, 0.29) is 6.04 Å². The van der Waals surface area contributed by atoms with Crippen LogP contribution in [0.15, 0.2) is 16.6 Å². The Morgan fingerprint density at radius 3 is 2.65 bits per heavy atom. The lowest BCUT2D eigenvalue weighted by molar-refractivity contribution is 0.311. The number of rotatable bonds is 6. The monoisotopic (exact) mass is 299 g/mol. The van der Waals surface area contributed by atoms with Crippen molar-refractivity contribution in [1.29, 1.82) is 0 Å². The van der Waals surface area contributed by atoms with Crippen LogP contribution in [0.4, 0.5) is 0 Å². The van der Waals surface area contributed by atoms with E-state index in [9.17, 15) is 0 Å². The fraction of sp³-hybridized carbons (Fsp3) is 0.571. The zero-order valence-corrected chi connectivity index (χ0v) is 12.5. The molecule has 0 aliphatic rings. The van der Waals surface area contributed by atoms with Gasteiger partial charge in [-0.05, 0) is 49.4 Å². The van der Waals surface area contributed by atoms with Crippen LogP contribution in [-0.4, -0.2) is 12.6 Å². The lowest BCUT2D eigenvalue weighted by Gasteiger charge is -2.17. The number of nitrogens with two attached hydrogens (primary N) is 1. The highest BCUT2D eigenvalue weighted by atomic mass is 79.9. The van der Waals surface area contributed by atoms with Gasteiger partial charge in [-0.25, -0.2) is 0 Å². The van der Waals surface area contributed by atoms with Gasteiger partial charge in [0.25, 0.3) is 0 Å². The van der Waals surface area contributed by atoms with Crippen molar-refractivity contribution in [3.63, 3.8) is 0 Å². The first-order valence-electron chi connectivity index (χ1n) is 6.25. The van der Waals surface area contributed by atoms with Crippen molar-refractivity contribution in [2.45, 2.75) is 46.1 Å². The highest BCUT2D eigenvalue weighted by Gasteiger charge is 2.11. The highest BCUT2D eigenvalue weighted by molar-refractivity contribution is 9.10. The van der Waals surface area contributed by atoms with E-state index in [2.05, 4.69) is 48.8 Å². The van der Waals surface area contributed by atoms with Crippen LogP contribution < -0.4 is 10.5 Å². The maximum absolute atomic E-state index is 6.03. The van der Waals surface area contributed by atoms with Crippen LogP contribution in [0, 0.1) is 6.92 Å². The molecule has 96 valence electrons. The zero-order chi connectivity index (χ0) is 12.8. The molecule has 0 amide bonds. The minimum atomic E-state index is 0.202. The van der Waals surface area contributed by atoms with Crippen molar-refractivity contribution < 1.29 is 4.74 Å². The van der Waals surface area contributed by atoms with E-state index in [0.29, 0.717) is 0 Å². The third-order valence-electron chi connectivity index (χ3n) is 2.77. The average molecular weight is 300 g/mol. The number of aryl methyl sites for hydroxylation is 1. The maximum Gasteiger partial charge on any atom is 0.125 e. The summed E-state index contributed by atoms with van der Waals surface area (Å²) < 4.78 is 6.94. The van der Waals surface area contributed by atoms with Crippen LogP contribution in [0.5, 0.6) is 5.75 Å². The summed E-state index contributed by atoms with van der Waals surface area (Å²) in [7, 11) is 0. The topological polar surface area (TPSA) is 35.2 Å². The summed E-state index contributed by atoms with van der Waals surface area (Å²) in [5.74, 6) is 1.01. The molecule has 0 fully saturated rings. The first-order valence-corrected chi connectivity index (χ1v) is 7.05. The molecule has 0 bridgehead atoms. The molecular formula is C14H22BrNO. The Bertz CT molecular complexity index is 365. The van der Waals surface area contributed by atoms with Crippen molar-refractivity contribution in [3.8, 4) is 5.75 Å². The van der Waals surface area contributed by atoms with Gasteiger partial charge >= 0.3 is 0 Å². The van der Waals surface area contributed by atoms with Crippen molar-refractivity contribution in [2.75, 3.05) is 6.61 Å². The first kappa shape index (κ1) is 14.5. The number of hydrogen-bond acceptors (Lipinski definition) is 2. The number of halogens is 1. The predicted molar refractivity (Wildman–Crippen MR) is 76.6 cm³/mol. The van der Waals surface area contributed by atoms with Crippen molar-refractivity contribution >= 4 is 15.9 Å². The summed E-state index contributed by atoms with van der Waals surface area (Å²) in [6, 6.07) is 4.41. The lowest BCUT2D eigenvalue weighted by atomic mass is 10.0. The molecule has 0 saturated heterocycles. The van der Waals surface area contributed by atoms with Crippen LogP contribution >= 0.6 is 15.9 Å². The Hall–Kier alpha value is -0.540. The zero-order valence-electron chi connectivity index (χ0n) is 10.9. The van der Waals surface area contributed by atoms with Crippen LogP contribution in [0.3, 0.4) is 0 Å². The van der Waals surface area contributed by atoms with Crippen LogP contribution in [0.1, 0.15) is 37.8 Å². The Labute approximate surface area is 113 Å². The second-order valence-electron chi connectivity index (χ2n) is 4.43. The Balaban J connectivity index is 2.97. The molecule has 1 rings (SSSR count). The third-order valence-corrected chi connectivity index (χ3v) is 3.23. The molecule has 2 nitrogen and oxygen atoms in total. The fourth-order valence-electron chi connectivity index (χ4n) is 1.79. The normalized spacial score (nSPS) is 12.5. The van der Waals surface area contributed by atoms with Gasteiger partial charge in [-0.1, -0.05) is 29.8 Å². The van der Waals surface area contributed by atoms with E-state index in [0.717, 1.165) is 36.1 Å². The minimum Gasteiger partial charge on any atom is -0.493 e. The van der Waals surface area contributed by atoms with Gasteiger partial charge in [-0.15, -0.1) is 0 Å². The minimum absolute atomic E-state index is 0.202. The van der Waals surface area contributed by atoms with Gasteiger partial charge in [0, 0.05) is 10.5 Å². The van der Waals surface area contributed by atoms with Gasteiger partial charge in [0.05, 0.1) is 6.61 Å². The summed E-state index contributed by atoms with van der Waals surface area (Å²) in [6.45, 7) is 7.07. The molecular weight excluding hydrogens is 278 g/mol. The van der Waals surface area contributed by atoms with Crippen LogP contribution in [0.25, 0.3) is 0 Å². The number of ether oxygens (including phenoxy) is 1. The van der Waals surface area contributed by atoms with Gasteiger partial charge in [0.15, 0.2) is 0 Å². The molecule has 0 aliphatic heterocycles. The van der Waals surface area contributed by atoms with E-state index in [1.807, 2.05) is 0 Å². The maximum atomic E-state index is 6.03. The second-order valence-corrected chi connectivity index (χ2v) is 5.35. The van der Waals surface area contributed by atoms with Crippen LogP contribution in [-0.2, 0) is 6.42 Å². The van der Waals surface area contributed by atoms with E-state index in [1.54, 1.807) is 0 Å². The van der Waals surface area contributed by atoms with Gasteiger partial charge < -0.3 is 10.5 Å². The third kappa shape index (κ3) is 4.32. The molecule has 0 aliphatic carbocycles. The molecule has 0 saturated carbocycles. The van der Waals surface area contributed by atoms with Crippen molar-refractivity contribution in [3.05, 3.63) is 27.7 Å². The molecule has 1 atom stereocenters. The fourth-order valence-corrected chi connectivity index (χ4v) is 2.41. The smallest absolute Gasteiger partial charge is 0.125 e. The Kier molecular flexibility index (Phi) is 6.00. The van der Waals surface area contributed by atoms with Gasteiger partial charge in [0.1, 0.15) is 5.75 Å². The molecule has 3 heteroatoms. The standard InChI is InChI=1S/C14H22BrNO/c1-4-6-17-14-10(3)7-12(15)8-11(14)9-13(16)5-2/h7-8,13H,4-6,9,16H2,1-3H3. The van der Waals surface area contributed by atoms with Gasteiger partial charge in [-0.3, -0.25) is 0 Å². The Morgan fingerprint density at radius 2 is 2.06 bits per heavy atom. The molecule has 0 aromatic heterocycles. The van der Waals surface area contributed by atoms with Crippen molar-refractivity contribution in [2.24, 2.45) is 5.73 Å². The molecule has 0 radical (unpaired) electrons. The summed E-state index contributed by atoms with van der Waals surface area (Å²) >= 11 is 3.53. The average Bonchev–Trinajstić information content (AvgIpc) is 2.27. The predicted octanol–water partition coefficient (Wildman–Crippen LogP) is 3.83. The molecule has 0 spiro atoms. The molecule has 1 aromatic carbocycles. The lowest BCUT2D eigenvalue weighted by Crippen LogP contribution is -2.22. The van der Waals surface area contributed by atoms with Gasteiger partial charge in [0.2, 0.25) is 0 Å². The summed E-state index contributed by atoms with van der Waals surface area (Å²) in [5, 5.41) is 0. The molecule has 1 aromatic rings. The quantitative estimate of drug-likeness (QED) is 0.866. The molecule has 17 heavy (non-hydrogen) atoms. The summed E-state index contributed by atoms with van der Waals surface area (Å²) in [5.41, 5.74) is 8.41. The highest BCUT2D eigenvalue weighted by Crippen LogP contribution is 2.29. The first-order chi connectivity index (χ1) is 8.08.